The first-order valence-corrected chi connectivity index (χ1v) is 7.33. The molecule has 3 aliphatic rings. The predicted octanol–water partition coefficient (Wildman–Crippen LogP) is 0.164. The highest BCUT2D eigenvalue weighted by atomic mass is 32.2. The molecule has 3 fully saturated rings. The molecule has 0 aromatic rings. The minimum absolute atomic E-state index is 0.0410. The Labute approximate surface area is 91.1 Å². The molecule has 0 amide bonds. The third-order valence-electron chi connectivity index (χ3n) is 3.93. The summed E-state index contributed by atoms with van der Waals surface area (Å²) in [5.41, 5.74) is 0.278. The van der Waals surface area contributed by atoms with Gasteiger partial charge in [0.15, 0.2) is 0 Å². The van der Waals surface area contributed by atoms with Crippen LogP contribution in [0.1, 0.15) is 25.7 Å². The van der Waals surface area contributed by atoms with E-state index in [2.05, 4.69) is 5.32 Å². The molecule has 15 heavy (non-hydrogen) atoms. The second-order valence-corrected chi connectivity index (χ2v) is 7.50. The van der Waals surface area contributed by atoms with Crippen LogP contribution in [-0.4, -0.2) is 44.2 Å². The topological polar surface area (TPSA) is 49.4 Å². The van der Waals surface area contributed by atoms with Gasteiger partial charge in [0.1, 0.15) is 0 Å². The summed E-state index contributed by atoms with van der Waals surface area (Å²) in [5, 5.41) is 3.23. The minimum atomic E-state index is -2.93. The van der Waals surface area contributed by atoms with Crippen LogP contribution in [-0.2, 0) is 10.0 Å². The van der Waals surface area contributed by atoms with E-state index in [1.807, 2.05) is 0 Å². The second kappa shape index (κ2) is 3.18. The molecule has 1 saturated carbocycles. The fourth-order valence-corrected chi connectivity index (χ4v) is 4.71. The Morgan fingerprint density at radius 1 is 1.27 bits per heavy atom. The standard InChI is InChI=1S/C10H18N2O2S/c13-15(14,9-2-3-9)12-5-1-4-10(8-12)6-11-7-10/h9,11H,1-8H2. The van der Waals surface area contributed by atoms with E-state index < -0.39 is 10.0 Å². The van der Waals surface area contributed by atoms with Crippen molar-refractivity contribution in [1.29, 1.82) is 0 Å². The molecule has 1 spiro atoms. The van der Waals surface area contributed by atoms with Crippen molar-refractivity contribution < 1.29 is 8.42 Å². The summed E-state index contributed by atoms with van der Waals surface area (Å²) in [6.07, 6.45) is 3.98. The van der Waals surface area contributed by atoms with E-state index in [0.29, 0.717) is 0 Å². The van der Waals surface area contributed by atoms with Gasteiger partial charge >= 0.3 is 0 Å². The van der Waals surface area contributed by atoms with Crippen molar-refractivity contribution in [2.45, 2.75) is 30.9 Å². The van der Waals surface area contributed by atoms with Gasteiger partial charge in [0.25, 0.3) is 0 Å². The molecule has 86 valence electrons. The van der Waals surface area contributed by atoms with E-state index in [1.165, 1.54) is 6.42 Å². The highest BCUT2D eigenvalue weighted by Gasteiger charge is 2.47. The summed E-state index contributed by atoms with van der Waals surface area (Å²) in [4.78, 5) is 0. The average molecular weight is 230 g/mol. The highest BCUT2D eigenvalue weighted by molar-refractivity contribution is 7.90. The van der Waals surface area contributed by atoms with Gasteiger partial charge in [0.2, 0.25) is 10.0 Å². The Hall–Kier alpha value is -0.130. The molecule has 2 heterocycles. The molecule has 5 heteroatoms. The van der Waals surface area contributed by atoms with Gasteiger partial charge in [-0.05, 0) is 25.7 Å². The third kappa shape index (κ3) is 1.61. The van der Waals surface area contributed by atoms with Crippen LogP contribution in [0, 0.1) is 5.41 Å². The lowest BCUT2D eigenvalue weighted by atomic mass is 9.76. The maximum atomic E-state index is 12.1. The minimum Gasteiger partial charge on any atom is -0.315 e. The predicted molar refractivity (Wildman–Crippen MR) is 58.1 cm³/mol. The molecule has 2 saturated heterocycles. The van der Waals surface area contributed by atoms with Gasteiger partial charge < -0.3 is 5.32 Å². The number of nitrogens with one attached hydrogen (secondary N) is 1. The van der Waals surface area contributed by atoms with Crippen molar-refractivity contribution in [2.24, 2.45) is 5.41 Å². The van der Waals surface area contributed by atoms with E-state index in [4.69, 9.17) is 0 Å². The number of hydrogen-bond acceptors (Lipinski definition) is 3. The summed E-state index contributed by atoms with van der Waals surface area (Å²) in [5.74, 6) is 0. The monoisotopic (exact) mass is 230 g/mol. The van der Waals surface area contributed by atoms with Gasteiger partial charge in [0, 0.05) is 31.6 Å². The van der Waals surface area contributed by atoms with Gasteiger partial charge in [-0.2, -0.15) is 0 Å². The molecule has 2 aliphatic heterocycles. The SMILES string of the molecule is O=S(=O)(C1CC1)N1CCCC2(CNC2)C1. The van der Waals surface area contributed by atoms with Gasteiger partial charge in [-0.3, -0.25) is 0 Å². The molecule has 1 aliphatic carbocycles. The van der Waals surface area contributed by atoms with Crippen LogP contribution in [0.15, 0.2) is 0 Å². The number of piperidine rings is 1. The lowest BCUT2D eigenvalue weighted by Gasteiger charge is -2.48. The molecule has 0 radical (unpaired) electrons. The molecule has 0 aromatic heterocycles. The van der Waals surface area contributed by atoms with Crippen molar-refractivity contribution in [3.8, 4) is 0 Å². The summed E-state index contributed by atoms with van der Waals surface area (Å²) >= 11 is 0. The zero-order valence-electron chi connectivity index (χ0n) is 8.91. The molecule has 0 atom stereocenters. The van der Waals surface area contributed by atoms with Crippen LogP contribution in [0.2, 0.25) is 0 Å². The fourth-order valence-electron chi connectivity index (χ4n) is 2.72. The summed E-state index contributed by atoms with van der Waals surface area (Å²) in [6.45, 7) is 3.52. The second-order valence-electron chi connectivity index (χ2n) is 5.28. The van der Waals surface area contributed by atoms with E-state index in [-0.39, 0.29) is 10.7 Å². The average Bonchev–Trinajstić information content (AvgIpc) is 2.99. The lowest BCUT2D eigenvalue weighted by molar-refractivity contribution is 0.0815. The summed E-state index contributed by atoms with van der Waals surface area (Å²) in [7, 11) is -2.93. The van der Waals surface area contributed by atoms with Crippen molar-refractivity contribution in [3.63, 3.8) is 0 Å². The van der Waals surface area contributed by atoms with Crippen molar-refractivity contribution in [1.82, 2.24) is 9.62 Å². The molecular formula is C10H18N2O2S. The van der Waals surface area contributed by atoms with Crippen molar-refractivity contribution in [2.75, 3.05) is 26.2 Å². The zero-order chi connectivity index (χ0) is 10.5. The lowest BCUT2D eigenvalue weighted by Crippen LogP contribution is -2.62. The normalized spacial score (nSPS) is 31.5. The molecule has 0 unspecified atom stereocenters. The first kappa shape index (κ1) is 10.1. The molecule has 3 rings (SSSR count). The van der Waals surface area contributed by atoms with Crippen LogP contribution < -0.4 is 5.32 Å². The Morgan fingerprint density at radius 2 is 2.00 bits per heavy atom. The van der Waals surface area contributed by atoms with Crippen molar-refractivity contribution >= 4 is 10.0 Å². The molecule has 0 aromatic carbocycles. The van der Waals surface area contributed by atoms with Crippen LogP contribution in [0.3, 0.4) is 0 Å². The third-order valence-corrected chi connectivity index (χ3v) is 6.28. The largest absolute Gasteiger partial charge is 0.315 e. The van der Waals surface area contributed by atoms with Gasteiger partial charge in [0.05, 0.1) is 5.25 Å². The Balaban J connectivity index is 1.76. The van der Waals surface area contributed by atoms with Crippen LogP contribution in [0.25, 0.3) is 0 Å². The van der Waals surface area contributed by atoms with Gasteiger partial charge in [-0.15, -0.1) is 0 Å². The van der Waals surface area contributed by atoms with Crippen LogP contribution >= 0.6 is 0 Å². The Kier molecular flexibility index (Phi) is 2.13. The summed E-state index contributed by atoms with van der Waals surface area (Å²) in [6, 6.07) is 0. The first-order valence-electron chi connectivity index (χ1n) is 5.82. The fraction of sp³-hybridized carbons (Fsp3) is 1.00. The summed E-state index contributed by atoms with van der Waals surface area (Å²) < 4.78 is 25.9. The maximum Gasteiger partial charge on any atom is 0.217 e. The maximum absolute atomic E-state index is 12.1. The highest BCUT2D eigenvalue weighted by Crippen LogP contribution is 2.38. The zero-order valence-corrected chi connectivity index (χ0v) is 9.72. The van der Waals surface area contributed by atoms with Crippen molar-refractivity contribution in [3.05, 3.63) is 0 Å². The van der Waals surface area contributed by atoms with Gasteiger partial charge in [-0.1, -0.05) is 0 Å². The molecule has 1 N–H and O–H groups in total. The first-order chi connectivity index (χ1) is 7.12. The smallest absolute Gasteiger partial charge is 0.217 e. The molecular weight excluding hydrogens is 212 g/mol. The van der Waals surface area contributed by atoms with E-state index in [0.717, 1.165) is 45.4 Å². The Bertz CT molecular complexity index is 358. The number of hydrogen-bond donors (Lipinski definition) is 1. The van der Waals surface area contributed by atoms with E-state index >= 15 is 0 Å². The number of rotatable bonds is 2. The number of nitrogens with zero attached hydrogens (tertiary/aromatic N) is 1. The van der Waals surface area contributed by atoms with E-state index in [9.17, 15) is 8.42 Å². The molecule has 0 bridgehead atoms. The quantitative estimate of drug-likeness (QED) is 0.735. The molecule has 4 nitrogen and oxygen atoms in total. The van der Waals surface area contributed by atoms with Gasteiger partial charge in [-0.25, -0.2) is 12.7 Å². The Morgan fingerprint density at radius 3 is 2.53 bits per heavy atom. The van der Waals surface area contributed by atoms with Crippen LogP contribution in [0.5, 0.6) is 0 Å². The van der Waals surface area contributed by atoms with Crippen LogP contribution in [0.4, 0.5) is 0 Å². The van der Waals surface area contributed by atoms with E-state index in [1.54, 1.807) is 4.31 Å². The number of sulfonamides is 1.